The number of rotatable bonds is 6. The second-order valence-electron chi connectivity index (χ2n) is 3.70. The first-order valence-electron chi connectivity index (χ1n) is 5.58. The summed E-state index contributed by atoms with van der Waals surface area (Å²) in [5, 5.41) is 4.07. The summed E-state index contributed by atoms with van der Waals surface area (Å²) in [5.41, 5.74) is 2.71. The third-order valence-electron chi connectivity index (χ3n) is 2.36. The number of nitrogens with one attached hydrogen (secondary N) is 1. The molecule has 0 aromatic heterocycles. The zero-order valence-electron chi connectivity index (χ0n) is 10.0. The Hall–Kier alpha value is -0.150. The number of thioether (sulfide) groups is 1. The highest BCUT2D eigenvalue weighted by Gasteiger charge is 2.04. The van der Waals surface area contributed by atoms with Gasteiger partial charge in [-0.3, -0.25) is 0 Å². The van der Waals surface area contributed by atoms with E-state index in [-0.39, 0.29) is 0 Å². The first-order chi connectivity index (χ1) is 8.17. The second-order valence-corrected chi connectivity index (χ2v) is 5.45. The van der Waals surface area contributed by atoms with Gasteiger partial charge in [-0.1, -0.05) is 42.3 Å². The van der Waals surface area contributed by atoms with Crippen LogP contribution in [0.3, 0.4) is 0 Å². The van der Waals surface area contributed by atoms with Gasteiger partial charge in [-0.2, -0.15) is 0 Å². The van der Waals surface area contributed by atoms with Gasteiger partial charge in [0.2, 0.25) is 0 Å². The van der Waals surface area contributed by atoms with Crippen molar-refractivity contribution in [2.75, 3.05) is 12.3 Å². The molecule has 1 N–H and O–H groups in total. The summed E-state index contributed by atoms with van der Waals surface area (Å²) in [6.45, 7) is 5.25. The van der Waals surface area contributed by atoms with E-state index in [0.717, 1.165) is 6.54 Å². The summed E-state index contributed by atoms with van der Waals surface area (Å²) >= 11 is 13.1. The minimum Gasteiger partial charge on any atom is -0.310 e. The topological polar surface area (TPSA) is 12.0 Å². The Bertz CT molecular complexity index is 379. The largest absolute Gasteiger partial charge is 0.310 e. The highest BCUT2D eigenvalue weighted by Crippen LogP contribution is 2.25. The van der Waals surface area contributed by atoms with Crippen LogP contribution in [-0.4, -0.2) is 12.3 Å². The van der Waals surface area contributed by atoms with Crippen LogP contribution in [0.1, 0.15) is 25.5 Å². The average molecular weight is 290 g/mol. The molecule has 0 spiro atoms. The summed E-state index contributed by atoms with van der Waals surface area (Å²) in [4.78, 5) is 1.21. The van der Waals surface area contributed by atoms with Gasteiger partial charge in [0.15, 0.2) is 0 Å². The van der Waals surface area contributed by atoms with E-state index >= 15 is 0 Å². The van der Waals surface area contributed by atoms with E-state index in [1.165, 1.54) is 16.0 Å². The molecule has 0 saturated carbocycles. The molecule has 1 unspecified atom stereocenters. The van der Waals surface area contributed by atoms with Crippen LogP contribution in [0, 0.1) is 0 Å². The fraction of sp³-hybridized carbons (Fsp3) is 0.385. The van der Waals surface area contributed by atoms with E-state index in [9.17, 15) is 0 Å². The average Bonchev–Trinajstić information content (AvgIpc) is 2.36. The number of halogens is 2. The van der Waals surface area contributed by atoms with E-state index in [4.69, 9.17) is 23.2 Å². The van der Waals surface area contributed by atoms with Crippen LogP contribution in [0.15, 0.2) is 39.7 Å². The van der Waals surface area contributed by atoms with E-state index in [1.54, 1.807) is 11.8 Å². The summed E-state index contributed by atoms with van der Waals surface area (Å²) in [7, 11) is 0. The summed E-state index contributed by atoms with van der Waals surface area (Å²) < 4.78 is 0. The van der Waals surface area contributed by atoms with Crippen LogP contribution < -0.4 is 5.32 Å². The minimum absolute atomic E-state index is 0.375. The summed E-state index contributed by atoms with van der Waals surface area (Å²) in [6.07, 6.45) is 0. The van der Waals surface area contributed by atoms with Crippen LogP contribution in [0.4, 0.5) is 0 Å². The van der Waals surface area contributed by atoms with Crippen LogP contribution >= 0.6 is 35.0 Å². The predicted molar refractivity (Wildman–Crippen MR) is 79.0 cm³/mol. The molecule has 1 rings (SSSR count). The van der Waals surface area contributed by atoms with Gasteiger partial charge in [0.25, 0.3) is 0 Å². The molecule has 0 heterocycles. The van der Waals surface area contributed by atoms with Gasteiger partial charge in [-0.25, -0.2) is 0 Å². The Morgan fingerprint density at radius 2 is 2.29 bits per heavy atom. The standard InChI is InChI=1S/C13H17Cl2NS/c1-3-16-10(2)11-5-4-6-13(7-11)17-9-12(15)8-14/h4-8,10,16H,3,9H2,1-2H3. The van der Waals surface area contributed by atoms with Gasteiger partial charge in [0.1, 0.15) is 0 Å². The van der Waals surface area contributed by atoms with Gasteiger partial charge >= 0.3 is 0 Å². The van der Waals surface area contributed by atoms with Crippen LogP contribution in [0.25, 0.3) is 0 Å². The number of benzene rings is 1. The van der Waals surface area contributed by atoms with Crippen LogP contribution in [0.5, 0.6) is 0 Å². The lowest BCUT2D eigenvalue weighted by Gasteiger charge is -2.13. The van der Waals surface area contributed by atoms with E-state index < -0.39 is 0 Å². The van der Waals surface area contributed by atoms with Crippen molar-refractivity contribution in [3.63, 3.8) is 0 Å². The molecule has 0 aliphatic rings. The quantitative estimate of drug-likeness (QED) is 0.757. The Balaban J connectivity index is 2.65. The lowest BCUT2D eigenvalue weighted by atomic mass is 10.1. The molecule has 0 amide bonds. The monoisotopic (exact) mass is 289 g/mol. The lowest BCUT2D eigenvalue weighted by Crippen LogP contribution is -2.17. The van der Waals surface area contributed by atoms with Crippen molar-refractivity contribution in [2.24, 2.45) is 0 Å². The Kier molecular flexibility index (Phi) is 7.05. The third-order valence-corrected chi connectivity index (χ3v) is 4.18. The molecular weight excluding hydrogens is 273 g/mol. The maximum atomic E-state index is 5.86. The molecule has 1 aromatic carbocycles. The molecule has 0 aliphatic carbocycles. The zero-order valence-corrected chi connectivity index (χ0v) is 12.4. The SMILES string of the molecule is CCNC(C)c1cccc(SCC(Cl)=CCl)c1. The Labute approximate surface area is 118 Å². The van der Waals surface area contributed by atoms with Crippen molar-refractivity contribution in [2.45, 2.75) is 24.8 Å². The molecule has 4 heteroatoms. The maximum Gasteiger partial charge on any atom is 0.0396 e. The second kappa shape index (κ2) is 8.04. The van der Waals surface area contributed by atoms with E-state index in [0.29, 0.717) is 16.8 Å². The van der Waals surface area contributed by atoms with Crippen molar-refractivity contribution < 1.29 is 0 Å². The molecule has 0 aliphatic heterocycles. The summed E-state index contributed by atoms with van der Waals surface area (Å²) in [5.74, 6) is 0.712. The van der Waals surface area contributed by atoms with Crippen molar-refractivity contribution >= 4 is 35.0 Å². The van der Waals surface area contributed by atoms with Crippen LogP contribution in [-0.2, 0) is 0 Å². The smallest absolute Gasteiger partial charge is 0.0396 e. The molecule has 0 radical (unpaired) electrons. The van der Waals surface area contributed by atoms with E-state index in [2.05, 4.69) is 43.4 Å². The molecule has 0 bridgehead atoms. The normalized spacial score (nSPS) is 13.8. The van der Waals surface area contributed by atoms with Gasteiger partial charge in [0.05, 0.1) is 0 Å². The maximum absolute atomic E-state index is 5.86. The number of hydrogen-bond donors (Lipinski definition) is 1. The van der Waals surface area contributed by atoms with Gasteiger partial charge in [-0.05, 0) is 31.2 Å². The van der Waals surface area contributed by atoms with Crippen molar-refractivity contribution in [3.8, 4) is 0 Å². The molecule has 0 saturated heterocycles. The number of hydrogen-bond acceptors (Lipinski definition) is 2. The Morgan fingerprint density at radius 1 is 1.53 bits per heavy atom. The fourth-order valence-corrected chi connectivity index (χ4v) is 2.60. The first-order valence-corrected chi connectivity index (χ1v) is 7.38. The highest BCUT2D eigenvalue weighted by molar-refractivity contribution is 7.99. The molecule has 17 heavy (non-hydrogen) atoms. The van der Waals surface area contributed by atoms with Crippen molar-refractivity contribution in [3.05, 3.63) is 40.4 Å². The molecule has 0 fully saturated rings. The van der Waals surface area contributed by atoms with Gasteiger partial charge in [-0.15, -0.1) is 11.8 Å². The first kappa shape index (κ1) is 14.9. The van der Waals surface area contributed by atoms with E-state index in [1.807, 2.05) is 0 Å². The molecule has 1 atom stereocenters. The van der Waals surface area contributed by atoms with Gasteiger partial charge in [0, 0.05) is 27.3 Å². The molecule has 94 valence electrons. The lowest BCUT2D eigenvalue weighted by molar-refractivity contribution is 0.597. The fourth-order valence-electron chi connectivity index (χ4n) is 1.48. The predicted octanol–water partition coefficient (Wildman–Crippen LogP) is 4.77. The summed E-state index contributed by atoms with van der Waals surface area (Å²) in [6, 6.07) is 8.86. The zero-order chi connectivity index (χ0) is 12.7. The molecule has 1 aromatic rings. The highest BCUT2D eigenvalue weighted by atomic mass is 35.5. The molecular formula is C13H17Cl2NS. The van der Waals surface area contributed by atoms with Crippen molar-refractivity contribution in [1.29, 1.82) is 0 Å². The third kappa shape index (κ3) is 5.35. The van der Waals surface area contributed by atoms with Crippen molar-refractivity contribution in [1.82, 2.24) is 5.32 Å². The van der Waals surface area contributed by atoms with Gasteiger partial charge < -0.3 is 5.32 Å². The van der Waals surface area contributed by atoms with Crippen LogP contribution in [0.2, 0.25) is 0 Å². The minimum atomic E-state index is 0.375. The Morgan fingerprint density at radius 3 is 2.94 bits per heavy atom. The molecule has 1 nitrogen and oxygen atoms in total.